The number of hydrogen-bond donors (Lipinski definition) is 5. The zero-order chi connectivity index (χ0) is 33.3. The van der Waals surface area contributed by atoms with Gasteiger partial charge in [-0.2, -0.15) is 4.72 Å². The van der Waals surface area contributed by atoms with Crippen molar-refractivity contribution < 1.29 is 46.1 Å². The Morgan fingerprint density at radius 2 is 1.85 bits per heavy atom. The van der Waals surface area contributed by atoms with Crippen molar-refractivity contribution in [3.63, 3.8) is 0 Å². The Balaban J connectivity index is 1.34. The number of amides is 1. The molecule has 47 heavy (non-hydrogen) atoms. The fourth-order valence-corrected chi connectivity index (χ4v) is 8.32. The zero-order valence-corrected chi connectivity index (χ0v) is 27.3. The van der Waals surface area contributed by atoms with E-state index in [9.17, 15) is 31.8 Å². The highest BCUT2D eigenvalue weighted by Crippen LogP contribution is 2.36. The number of aromatic amines is 1. The summed E-state index contributed by atoms with van der Waals surface area (Å²) >= 11 is 0. The van der Waals surface area contributed by atoms with Gasteiger partial charge in [0.15, 0.2) is 6.29 Å². The van der Waals surface area contributed by atoms with Crippen LogP contribution in [0.2, 0.25) is 0 Å². The minimum absolute atomic E-state index is 0.0693. The molecular formula is C30H39N5O10S2. The quantitative estimate of drug-likeness (QED) is 0.164. The van der Waals surface area contributed by atoms with Crippen LogP contribution in [0.4, 0.5) is 10.7 Å². The minimum atomic E-state index is -4.38. The monoisotopic (exact) mass is 693 g/mol. The number of carbonyl (C=O) groups is 1. The van der Waals surface area contributed by atoms with Gasteiger partial charge in [0.05, 0.1) is 53.6 Å². The summed E-state index contributed by atoms with van der Waals surface area (Å²) in [5.41, 5.74) is 1.31. The van der Waals surface area contributed by atoms with E-state index in [2.05, 4.69) is 19.4 Å². The van der Waals surface area contributed by atoms with E-state index < -0.39 is 56.8 Å². The van der Waals surface area contributed by atoms with Crippen LogP contribution >= 0.6 is 0 Å². The third-order valence-corrected chi connectivity index (χ3v) is 10.9. The molecule has 5 N–H and O–H groups in total. The van der Waals surface area contributed by atoms with E-state index in [1.807, 2.05) is 18.2 Å². The number of nitrogens with one attached hydrogen (secondary N) is 3. The lowest BCUT2D eigenvalue weighted by atomic mass is 9.93. The zero-order valence-electron chi connectivity index (χ0n) is 25.7. The number of H-pyrrole nitrogens is 1. The van der Waals surface area contributed by atoms with Gasteiger partial charge in [-0.1, -0.05) is 43.2 Å². The molecule has 2 saturated heterocycles. The highest BCUT2D eigenvalue weighted by molar-refractivity contribution is 7.92. The Hall–Kier alpha value is -3.32. The highest BCUT2D eigenvalue weighted by Gasteiger charge is 2.50. The van der Waals surface area contributed by atoms with Crippen molar-refractivity contribution in [3.8, 4) is 0 Å². The Morgan fingerprint density at radius 1 is 1.11 bits per heavy atom. The molecule has 1 unspecified atom stereocenters. The molecule has 256 valence electrons. The normalized spacial score (nSPS) is 23.8. The van der Waals surface area contributed by atoms with Crippen LogP contribution in [0.15, 0.2) is 53.4 Å². The molecule has 3 fully saturated rings. The van der Waals surface area contributed by atoms with Gasteiger partial charge in [-0.15, -0.1) is 0 Å². The fourth-order valence-electron chi connectivity index (χ4n) is 6.71. The maximum atomic E-state index is 13.9. The predicted octanol–water partition coefficient (Wildman–Crippen LogP) is 2.21. The maximum absolute atomic E-state index is 13.9. The Morgan fingerprint density at radius 3 is 2.55 bits per heavy atom. The van der Waals surface area contributed by atoms with Gasteiger partial charge >= 0.3 is 6.09 Å². The standard InChI is InChI=1S/C30H39N5O10S2/c1-46(39,40)34-29-31-22-12-11-20(16-23(22)32-29)47(41,42)33-27(45-19-9-5-6-10-19)26(36)24(15-18-7-3-2-4-8-18)35(30(37)38)25-17-44-28-21(25)13-14-43-28/h2-4,7-8,11-12,16,19,21,24-28,33,36H,5-6,9-10,13-15,17H2,1H3,(H,37,38)(H2,31,32,34)/t21-,24-,25?,26+,27+,28+/m0/s1. The molecule has 15 nitrogen and oxygen atoms in total. The Bertz CT molecular complexity index is 1780. The lowest BCUT2D eigenvalue weighted by Crippen LogP contribution is -2.61. The van der Waals surface area contributed by atoms with E-state index in [1.165, 1.54) is 23.1 Å². The third-order valence-electron chi connectivity index (χ3n) is 8.89. The molecule has 3 aliphatic rings. The molecule has 2 aromatic carbocycles. The number of nitrogens with zero attached hydrogens (tertiary/aromatic N) is 2. The van der Waals surface area contributed by atoms with Gasteiger partial charge in [0.25, 0.3) is 0 Å². The van der Waals surface area contributed by atoms with E-state index in [1.54, 1.807) is 12.1 Å². The van der Waals surface area contributed by atoms with Crippen molar-refractivity contribution in [3.05, 3.63) is 54.1 Å². The molecule has 2 aliphatic heterocycles. The number of sulfonamides is 2. The summed E-state index contributed by atoms with van der Waals surface area (Å²) in [4.78, 5) is 20.9. The van der Waals surface area contributed by atoms with Crippen LogP contribution in [0.5, 0.6) is 0 Å². The summed E-state index contributed by atoms with van der Waals surface area (Å²) in [5, 5.41) is 22.7. The molecule has 3 aromatic rings. The highest BCUT2D eigenvalue weighted by atomic mass is 32.2. The second-order valence-corrected chi connectivity index (χ2v) is 15.7. The van der Waals surface area contributed by atoms with Gasteiger partial charge in [-0.3, -0.25) is 9.62 Å². The first-order valence-corrected chi connectivity index (χ1v) is 18.9. The molecule has 0 spiro atoms. The van der Waals surface area contributed by atoms with E-state index in [0.29, 0.717) is 31.4 Å². The number of anilines is 1. The van der Waals surface area contributed by atoms with Crippen LogP contribution < -0.4 is 9.44 Å². The van der Waals surface area contributed by atoms with Gasteiger partial charge in [-0.25, -0.2) is 26.6 Å². The van der Waals surface area contributed by atoms with Crippen LogP contribution in [0.3, 0.4) is 0 Å². The second kappa shape index (κ2) is 13.7. The van der Waals surface area contributed by atoms with E-state index in [-0.39, 0.29) is 41.4 Å². The lowest BCUT2D eigenvalue weighted by Gasteiger charge is -2.41. The number of aliphatic hydroxyl groups is 1. The van der Waals surface area contributed by atoms with Crippen molar-refractivity contribution in [1.82, 2.24) is 19.6 Å². The number of aliphatic hydroxyl groups excluding tert-OH is 1. The average molecular weight is 694 g/mol. The number of benzene rings is 2. The summed E-state index contributed by atoms with van der Waals surface area (Å²) in [6, 6.07) is 11.3. The van der Waals surface area contributed by atoms with E-state index >= 15 is 0 Å². The summed E-state index contributed by atoms with van der Waals surface area (Å²) in [5.74, 6) is -0.322. The Labute approximate surface area is 272 Å². The van der Waals surface area contributed by atoms with E-state index in [4.69, 9.17) is 14.2 Å². The molecule has 3 heterocycles. The Kier molecular flexibility index (Phi) is 9.76. The van der Waals surface area contributed by atoms with Crippen molar-refractivity contribution in [2.45, 2.75) is 80.2 Å². The van der Waals surface area contributed by atoms with Gasteiger partial charge < -0.3 is 29.4 Å². The molecule has 1 saturated carbocycles. The molecule has 6 rings (SSSR count). The SMILES string of the molecule is CS(=O)(=O)Nc1nc2ccc(S(=O)(=O)N[C@H](OC3CCCC3)[C@H](O)[C@H](Cc3ccccc3)N(C(=O)O)C3CO[C@H]4OCC[C@@H]34)cc2[nH]1. The number of carboxylic acid groups (broad SMARTS) is 1. The van der Waals surface area contributed by atoms with E-state index in [0.717, 1.165) is 24.7 Å². The number of hydrogen-bond acceptors (Lipinski definition) is 10. The van der Waals surface area contributed by atoms with Crippen LogP contribution in [0.1, 0.15) is 37.7 Å². The minimum Gasteiger partial charge on any atom is -0.465 e. The van der Waals surface area contributed by atoms with Crippen molar-refractivity contribution in [2.24, 2.45) is 5.92 Å². The average Bonchev–Trinajstić information content (AvgIpc) is 3.81. The molecule has 6 atom stereocenters. The molecule has 1 aliphatic carbocycles. The number of aromatic nitrogens is 2. The summed E-state index contributed by atoms with van der Waals surface area (Å²) in [6.45, 7) is 0.491. The molecular weight excluding hydrogens is 654 g/mol. The second-order valence-electron chi connectivity index (χ2n) is 12.3. The van der Waals surface area contributed by atoms with Crippen molar-refractivity contribution >= 4 is 43.1 Å². The lowest BCUT2D eigenvalue weighted by molar-refractivity contribution is -0.108. The largest absolute Gasteiger partial charge is 0.465 e. The topological polar surface area (TPSA) is 209 Å². The molecule has 17 heteroatoms. The molecule has 1 aromatic heterocycles. The molecule has 1 amide bonds. The van der Waals surface area contributed by atoms with Crippen LogP contribution in [-0.4, -0.2) is 104 Å². The first kappa shape index (κ1) is 33.6. The molecule has 0 bridgehead atoms. The predicted molar refractivity (Wildman–Crippen MR) is 169 cm³/mol. The van der Waals surface area contributed by atoms with Crippen molar-refractivity contribution in [1.29, 1.82) is 0 Å². The maximum Gasteiger partial charge on any atom is 0.407 e. The van der Waals surface area contributed by atoms with Gasteiger partial charge in [-0.05, 0) is 49.4 Å². The number of rotatable bonds is 13. The smallest absolute Gasteiger partial charge is 0.407 e. The fraction of sp³-hybridized carbons (Fsp3) is 0.533. The third kappa shape index (κ3) is 7.72. The van der Waals surface area contributed by atoms with Crippen LogP contribution in [0, 0.1) is 5.92 Å². The van der Waals surface area contributed by atoms with Gasteiger partial charge in [0.1, 0.15) is 12.3 Å². The van der Waals surface area contributed by atoms with Crippen LogP contribution in [0.25, 0.3) is 11.0 Å². The first-order valence-electron chi connectivity index (χ1n) is 15.5. The number of fused-ring (bicyclic) bond motifs is 2. The first-order chi connectivity index (χ1) is 22.4. The summed E-state index contributed by atoms with van der Waals surface area (Å²) in [6.07, 6.45) is -0.652. The summed E-state index contributed by atoms with van der Waals surface area (Å²) in [7, 11) is -8.02. The molecule has 0 radical (unpaired) electrons. The number of ether oxygens (including phenoxy) is 3. The van der Waals surface area contributed by atoms with Gasteiger partial charge in [0, 0.05) is 5.92 Å². The number of imidazole rings is 1. The summed E-state index contributed by atoms with van der Waals surface area (Å²) < 4.78 is 73.5. The van der Waals surface area contributed by atoms with Crippen molar-refractivity contribution in [2.75, 3.05) is 24.2 Å². The van der Waals surface area contributed by atoms with Crippen LogP contribution in [-0.2, 0) is 40.7 Å². The van der Waals surface area contributed by atoms with Gasteiger partial charge in [0.2, 0.25) is 26.0 Å².